The highest BCUT2D eigenvalue weighted by Gasteiger charge is 2.16. The Morgan fingerprint density at radius 1 is 1.40 bits per heavy atom. The van der Waals surface area contributed by atoms with Crippen molar-refractivity contribution in [2.45, 2.75) is 6.92 Å². The zero-order valence-electron chi connectivity index (χ0n) is 9.82. The fourth-order valence-electron chi connectivity index (χ4n) is 1.07. The van der Waals surface area contributed by atoms with Gasteiger partial charge in [0, 0.05) is 20.1 Å². The van der Waals surface area contributed by atoms with Crippen molar-refractivity contribution in [3.05, 3.63) is 11.5 Å². The van der Waals surface area contributed by atoms with Gasteiger partial charge < -0.3 is 14.9 Å². The third-order valence-electron chi connectivity index (χ3n) is 2.02. The average molecular weight is 213 g/mol. The average Bonchev–Trinajstić information content (AvgIpc) is 2.22. The lowest BCUT2D eigenvalue weighted by molar-refractivity contribution is -0.116. The van der Waals surface area contributed by atoms with Crippen LogP contribution in [-0.4, -0.2) is 61.8 Å². The molecule has 0 bridgehead atoms. The number of carbonyl (C=O) groups is 1. The number of likely N-dealkylation sites (N-methyl/N-ethyl adjacent to an activating group) is 2. The standard InChI is InChI=1S/C10H19N3O2/c1-6-13(5)8(7-12(3)4)9(14)10(15)11-2/h14H,2,6-7H2,1,3-5H3/b9-8+. The molecule has 0 unspecified atom stereocenters. The van der Waals surface area contributed by atoms with Crippen molar-refractivity contribution in [1.82, 2.24) is 9.80 Å². The molecule has 0 aromatic carbocycles. The van der Waals surface area contributed by atoms with Crippen LogP contribution in [0.1, 0.15) is 6.92 Å². The van der Waals surface area contributed by atoms with Crippen LogP contribution in [0.3, 0.4) is 0 Å². The maximum atomic E-state index is 11.2. The summed E-state index contributed by atoms with van der Waals surface area (Å²) in [6, 6.07) is 0. The quantitative estimate of drug-likeness (QED) is 0.410. The molecule has 0 fully saturated rings. The highest BCUT2D eigenvalue weighted by atomic mass is 16.3. The van der Waals surface area contributed by atoms with Crippen molar-refractivity contribution in [2.24, 2.45) is 4.99 Å². The number of aliphatic imine (C=N–C) groups is 1. The second kappa shape index (κ2) is 6.19. The molecule has 0 rings (SSSR count). The fourth-order valence-corrected chi connectivity index (χ4v) is 1.07. The smallest absolute Gasteiger partial charge is 0.313 e. The Bertz CT molecular complexity index is 272. The van der Waals surface area contributed by atoms with Gasteiger partial charge in [-0.15, -0.1) is 0 Å². The summed E-state index contributed by atoms with van der Waals surface area (Å²) < 4.78 is 0. The molecule has 0 spiro atoms. The molecular formula is C10H19N3O2. The Morgan fingerprint density at radius 2 is 1.93 bits per heavy atom. The minimum atomic E-state index is -0.688. The fraction of sp³-hybridized carbons (Fsp3) is 0.600. The molecule has 1 N–H and O–H groups in total. The van der Waals surface area contributed by atoms with E-state index in [0.717, 1.165) is 0 Å². The number of carbonyl (C=O) groups excluding carboxylic acids is 1. The van der Waals surface area contributed by atoms with E-state index in [0.29, 0.717) is 18.8 Å². The third-order valence-corrected chi connectivity index (χ3v) is 2.02. The second-order valence-electron chi connectivity index (χ2n) is 3.51. The zero-order valence-corrected chi connectivity index (χ0v) is 9.82. The van der Waals surface area contributed by atoms with Gasteiger partial charge in [-0.2, -0.15) is 0 Å². The monoisotopic (exact) mass is 213 g/mol. The molecule has 5 nitrogen and oxygen atoms in total. The molecule has 0 radical (unpaired) electrons. The molecular weight excluding hydrogens is 194 g/mol. The number of aliphatic hydroxyl groups excluding tert-OH is 1. The van der Waals surface area contributed by atoms with E-state index in [9.17, 15) is 9.90 Å². The van der Waals surface area contributed by atoms with Crippen molar-refractivity contribution in [1.29, 1.82) is 0 Å². The number of aliphatic hydroxyl groups is 1. The van der Waals surface area contributed by atoms with E-state index in [1.807, 2.05) is 33.0 Å². The number of hydrogen-bond acceptors (Lipinski definition) is 4. The summed E-state index contributed by atoms with van der Waals surface area (Å²) >= 11 is 0. The predicted octanol–water partition coefficient (Wildman–Crippen LogP) is 0.497. The molecule has 0 atom stereocenters. The van der Waals surface area contributed by atoms with Gasteiger partial charge in [0.1, 0.15) is 0 Å². The van der Waals surface area contributed by atoms with Crippen LogP contribution >= 0.6 is 0 Å². The highest BCUT2D eigenvalue weighted by molar-refractivity contribution is 5.94. The van der Waals surface area contributed by atoms with Gasteiger partial charge in [0.25, 0.3) is 0 Å². The molecule has 0 aliphatic carbocycles. The van der Waals surface area contributed by atoms with Crippen molar-refractivity contribution >= 4 is 12.6 Å². The number of hydrogen-bond donors (Lipinski definition) is 1. The van der Waals surface area contributed by atoms with Gasteiger partial charge in [-0.1, -0.05) is 0 Å². The topological polar surface area (TPSA) is 56.1 Å². The predicted molar refractivity (Wildman–Crippen MR) is 61.1 cm³/mol. The summed E-state index contributed by atoms with van der Waals surface area (Å²) in [5.41, 5.74) is 0.555. The molecule has 0 aromatic rings. The molecule has 86 valence electrons. The van der Waals surface area contributed by atoms with E-state index in [2.05, 4.69) is 11.7 Å². The van der Waals surface area contributed by atoms with Gasteiger partial charge in [-0.05, 0) is 27.7 Å². The zero-order chi connectivity index (χ0) is 12.0. The van der Waals surface area contributed by atoms with Crippen LogP contribution in [0.4, 0.5) is 0 Å². The van der Waals surface area contributed by atoms with Gasteiger partial charge in [-0.3, -0.25) is 4.79 Å². The summed E-state index contributed by atoms with van der Waals surface area (Å²) in [6.45, 7) is 6.23. The van der Waals surface area contributed by atoms with Gasteiger partial charge >= 0.3 is 5.91 Å². The molecule has 0 saturated carbocycles. The molecule has 0 aromatic heterocycles. The van der Waals surface area contributed by atoms with Crippen molar-refractivity contribution < 1.29 is 9.90 Å². The van der Waals surface area contributed by atoms with E-state index in [4.69, 9.17) is 0 Å². The van der Waals surface area contributed by atoms with E-state index in [-0.39, 0.29) is 5.76 Å². The van der Waals surface area contributed by atoms with Gasteiger partial charge in [0.2, 0.25) is 5.76 Å². The molecule has 0 heterocycles. The van der Waals surface area contributed by atoms with Crippen molar-refractivity contribution in [3.8, 4) is 0 Å². The lowest BCUT2D eigenvalue weighted by Crippen LogP contribution is -2.29. The van der Waals surface area contributed by atoms with E-state index in [1.165, 1.54) is 0 Å². The molecule has 15 heavy (non-hydrogen) atoms. The van der Waals surface area contributed by atoms with Crippen LogP contribution in [0, 0.1) is 0 Å². The van der Waals surface area contributed by atoms with Crippen molar-refractivity contribution in [3.63, 3.8) is 0 Å². The lowest BCUT2D eigenvalue weighted by Gasteiger charge is -2.24. The second-order valence-corrected chi connectivity index (χ2v) is 3.51. The minimum Gasteiger partial charge on any atom is -0.502 e. The first-order valence-electron chi connectivity index (χ1n) is 4.73. The maximum Gasteiger partial charge on any atom is 0.313 e. The van der Waals surface area contributed by atoms with E-state index < -0.39 is 5.91 Å². The summed E-state index contributed by atoms with van der Waals surface area (Å²) in [5, 5.41) is 9.66. The van der Waals surface area contributed by atoms with Gasteiger partial charge in [0.15, 0.2) is 0 Å². The molecule has 0 saturated heterocycles. The van der Waals surface area contributed by atoms with Crippen LogP contribution in [0.15, 0.2) is 16.4 Å². The van der Waals surface area contributed by atoms with Crippen LogP contribution in [0.25, 0.3) is 0 Å². The van der Waals surface area contributed by atoms with Crippen LogP contribution < -0.4 is 0 Å². The van der Waals surface area contributed by atoms with Crippen molar-refractivity contribution in [2.75, 3.05) is 34.2 Å². The first-order chi connectivity index (χ1) is 6.93. The largest absolute Gasteiger partial charge is 0.502 e. The summed E-state index contributed by atoms with van der Waals surface area (Å²) in [6.07, 6.45) is 0. The highest BCUT2D eigenvalue weighted by Crippen LogP contribution is 2.09. The Labute approximate surface area is 90.7 Å². The molecule has 1 amide bonds. The summed E-state index contributed by atoms with van der Waals surface area (Å²) in [4.78, 5) is 18.0. The lowest BCUT2D eigenvalue weighted by atomic mass is 10.3. The molecule has 5 heteroatoms. The van der Waals surface area contributed by atoms with Crippen LogP contribution in [0.2, 0.25) is 0 Å². The first kappa shape index (κ1) is 13.6. The van der Waals surface area contributed by atoms with Crippen LogP contribution in [-0.2, 0) is 4.79 Å². The Balaban J connectivity index is 5.04. The number of rotatable bonds is 5. The first-order valence-corrected chi connectivity index (χ1v) is 4.73. The normalized spacial score (nSPS) is 12.3. The number of amides is 1. The third kappa shape index (κ3) is 4.12. The molecule has 0 aliphatic rings. The maximum absolute atomic E-state index is 11.2. The summed E-state index contributed by atoms with van der Waals surface area (Å²) in [7, 11) is 5.54. The Kier molecular flexibility index (Phi) is 5.62. The van der Waals surface area contributed by atoms with Gasteiger partial charge in [-0.25, -0.2) is 4.99 Å². The SMILES string of the molecule is C=NC(=O)/C(O)=C(/CN(C)C)N(C)CC. The Morgan fingerprint density at radius 3 is 2.27 bits per heavy atom. The Hall–Kier alpha value is -1.36. The van der Waals surface area contributed by atoms with Gasteiger partial charge in [0.05, 0.1) is 5.70 Å². The summed E-state index contributed by atoms with van der Waals surface area (Å²) in [5.74, 6) is -1.02. The number of nitrogens with zero attached hydrogens (tertiary/aromatic N) is 3. The molecule has 0 aliphatic heterocycles. The van der Waals surface area contributed by atoms with E-state index in [1.54, 1.807) is 4.90 Å². The van der Waals surface area contributed by atoms with E-state index >= 15 is 0 Å². The minimum absolute atomic E-state index is 0.331. The van der Waals surface area contributed by atoms with Crippen LogP contribution in [0.5, 0.6) is 0 Å².